The summed E-state index contributed by atoms with van der Waals surface area (Å²) in [6.07, 6.45) is 1.32. The summed E-state index contributed by atoms with van der Waals surface area (Å²) in [4.78, 5) is 26.6. The van der Waals surface area contributed by atoms with E-state index in [9.17, 15) is 9.59 Å². The second-order valence-electron chi connectivity index (χ2n) is 7.95. The van der Waals surface area contributed by atoms with Gasteiger partial charge in [-0.05, 0) is 45.4 Å². The van der Waals surface area contributed by atoms with Crippen LogP contribution in [0.25, 0.3) is 0 Å². The molecule has 136 valence electrons. The van der Waals surface area contributed by atoms with Crippen LogP contribution in [-0.2, 0) is 4.74 Å². The van der Waals surface area contributed by atoms with Crippen molar-refractivity contribution in [2.45, 2.75) is 58.2 Å². The van der Waals surface area contributed by atoms with Crippen LogP contribution in [0.5, 0.6) is 5.75 Å². The average Bonchev–Trinajstić information content (AvgIpc) is 2.48. The highest BCUT2D eigenvalue weighted by Crippen LogP contribution is 2.42. The highest BCUT2D eigenvalue weighted by atomic mass is 79.9. The molecule has 0 aromatic heterocycles. The van der Waals surface area contributed by atoms with Crippen molar-refractivity contribution in [2.75, 3.05) is 13.1 Å². The normalized spacial score (nSPS) is 19.4. The molecule has 1 fully saturated rings. The standard InChI is InChI=1S/C19H24BrNO4/c1-12-9-13(20)10-14-15(22)11-19(24-16(12)14)5-7-21(8-6-19)17(23)25-18(2,3)4/h9-10H,5-8,11H2,1-4H3. The number of likely N-dealkylation sites (tertiary alicyclic amines) is 1. The highest BCUT2D eigenvalue weighted by Gasteiger charge is 2.44. The number of Topliss-reactive ketones (excluding diaryl/α,β-unsaturated/α-hetero) is 1. The molecule has 5 nitrogen and oxygen atoms in total. The third-order valence-electron chi connectivity index (χ3n) is 4.67. The van der Waals surface area contributed by atoms with E-state index in [1.54, 1.807) is 4.90 Å². The minimum atomic E-state index is -0.513. The molecular weight excluding hydrogens is 386 g/mol. The van der Waals surface area contributed by atoms with Crippen LogP contribution in [0.1, 0.15) is 56.0 Å². The van der Waals surface area contributed by atoms with E-state index in [0.29, 0.717) is 43.7 Å². The Kier molecular flexibility index (Phi) is 4.60. The van der Waals surface area contributed by atoms with Crippen molar-refractivity contribution in [3.05, 3.63) is 27.7 Å². The topological polar surface area (TPSA) is 55.8 Å². The molecule has 0 atom stereocenters. The fourth-order valence-corrected chi connectivity index (χ4v) is 3.99. The summed E-state index contributed by atoms with van der Waals surface area (Å²) in [6.45, 7) is 8.59. The van der Waals surface area contributed by atoms with E-state index in [1.807, 2.05) is 39.8 Å². The third kappa shape index (κ3) is 3.84. The van der Waals surface area contributed by atoms with Gasteiger partial charge in [0.05, 0.1) is 12.0 Å². The van der Waals surface area contributed by atoms with E-state index in [4.69, 9.17) is 9.47 Å². The van der Waals surface area contributed by atoms with Crippen LogP contribution in [0.2, 0.25) is 0 Å². The Bertz CT molecular complexity index is 715. The van der Waals surface area contributed by atoms with Crippen LogP contribution >= 0.6 is 15.9 Å². The molecule has 0 radical (unpaired) electrons. The number of hydrogen-bond acceptors (Lipinski definition) is 4. The molecule has 2 aliphatic rings. The third-order valence-corrected chi connectivity index (χ3v) is 5.13. The minimum Gasteiger partial charge on any atom is -0.486 e. The van der Waals surface area contributed by atoms with Gasteiger partial charge in [0.15, 0.2) is 5.78 Å². The summed E-state index contributed by atoms with van der Waals surface area (Å²) in [5.74, 6) is 0.793. The molecule has 1 aromatic carbocycles. The van der Waals surface area contributed by atoms with Gasteiger partial charge in [-0.2, -0.15) is 0 Å². The molecular formula is C19H24BrNO4. The van der Waals surface area contributed by atoms with Crippen molar-refractivity contribution >= 4 is 27.8 Å². The first kappa shape index (κ1) is 18.2. The summed E-state index contributed by atoms with van der Waals surface area (Å²) in [6, 6.07) is 3.79. The van der Waals surface area contributed by atoms with Gasteiger partial charge < -0.3 is 14.4 Å². The van der Waals surface area contributed by atoms with Crippen LogP contribution in [-0.4, -0.2) is 41.1 Å². The monoisotopic (exact) mass is 409 g/mol. The number of piperidine rings is 1. The maximum Gasteiger partial charge on any atom is 0.410 e. The number of carbonyl (C=O) groups excluding carboxylic acids is 2. The molecule has 2 heterocycles. The van der Waals surface area contributed by atoms with Gasteiger partial charge in [-0.3, -0.25) is 4.79 Å². The number of rotatable bonds is 0. The number of ether oxygens (including phenoxy) is 2. The Labute approximate surface area is 156 Å². The van der Waals surface area contributed by atoms with E-state index in [1.165, 1.54) is 0 Å². The average molecular weight is 410 g/mol. The molecule has 3 rings (SSSR count). The van der Waals surface area contributed by atoms with E-state index >= 15 is 0 Å². The van der Waals surface area contributed by atoms with Gasteiger partial charge in [0.1, 0.15) is 17.0 Å². The zero-order valence-corrected chi connectivity index (χ0v) is 16.7. The first-order valence-electron chi connectivity index (χ1n) is 8.59. The summed E-state index contributed by atoms with van der Waals surface area (Å²) < 4.78 is 12.6. The summed E-state index contributed by atoms with van der Waals surface area (Å²) in [7, 11) is 0. The fraction of sp³-hybridized carbons (Fsp3) is 0.579. The number of ketones is 1. The van der Waals surface area contributed by atoms with Gasteiger partial charge in [-0.25, -0.2) is 4.79 Å². The Balaban J connectivity index is 1.74. The second-order valence-corrected chi connectivity index (χ2v) is 8.87. The van der Waals surface area contributed by atoms with Crippen molar-refractivity contribution < 1.29 is 19.1 Å². The number of benzene rings is 1. The van der Waals surface area contributed by atoms with Crippen molar-refractivity contribution in [1.29, 1.82) is 0 Å². The molecule has 6 heteroatoms. The van der Waals surface area contributed by atoms with Crippen LogP contribution in [0.4, 0.5) is 4.79 Å². The van der Waals surface area contributed by atoms with Gasteiger partial charge in [0.25, 0.3) is 0 Å². The summed E-state index contributed by atoms with van der Waals surface area (Å²) >= 11 is 3.44. The maximum absolute atomic E-state index is 12.7. The molecule has 0 saturated carbocycles. The molecule has 0 aliphatic carbocycles. The SMILES string of the molecule is Cc1cc(Br)cc2c1OC1(CCN(C(=O)OC(C)(C)C)CC1)CC2=O. The maximum atomic E-state index is 12.7. The molecule has 1 amide bonds. The number of hydrogen-bond donors (Lipinski definition) is 0. The zero-order valence-electron chi connectivity index (χ0n) is 15.1. The zero-order chi connectivity index (χ0) is 18.4. The van der Waals surface area contributed by atoms with Gasteiger partial charge in [-0.1, -0.05) is 15.9 Å². The number of halogens is 1. The van der Waals surface area contributed by atoms with Crippen molar-refractivity contribution in [3.63, 3.8) is 0 Å². The number of nitrogens with zero attached hydrogens (tertiary/aromatic N) is 1. The Morgan fingerprint density at radius 2 is 1.92 bits per heavy atom. The van der Waals surface area contributed by atoms with Crippen molar-refractivity contribution in [3.8, 4) is 5.75 Å². The molecule has 0 N–H and O–H groups in total. The predicted molar refractivity (Wildman–Crippen MR) is 98.2 cm³/mol. The first-order valence-corrected chi connectivity index (χ1v) is 9.38. The first-order chi connectivity index (χ1) is 11.6. The van der Waals surface area contributed by atoms with Gasteiger partial charge >= 0.3 is 6.09 Å². The predicted octanol–water partition coefficient (Wildman–Crippen LogP) is 4.49. The Morgan fingerprint density at radius 1 is 1.28 bits per heavy atom. The van der Waals surface area contributed by atoms with E-state index in [0.717, 1.165) is 10.0 Å². The van der Waals surface area contributed by atoms with Crippen LogP contribution < -0.4 is 4.74 Å². The molecule has 25 heavy (non-hydrogen) atoms. The van der Waals surface area contributed by atoms with Crippen molar-refractivity contribution in [1.82, 2.24) is 4.90 Å². The Morgan fingerprint density at radius 3 is 2.52 bits per heavy atom. The molecule has 1 saturated heterocycles. The number of fused-ring (bicyclic) bond motifs is 1. The molecule has 1 spiro atoms. The lowest BCUT2D eigenvalue weighted by Crippen LogP contribution is -2.53. The number of aryl methyl sites for hydroxylation is 1. The largest absolute Gasteiger partial charge is 0.486 e. The highest BCUT2D eigenvalue weighted by molar-refractivity contribution is 9.10. The van der Waals surface area contributed by atoms with Gasteiger partial charge in [0.2, 0.25) is 0 Å². The van der Waals surface area contributed by atoms with E-state index in [2.05, 4.69) is 15.9 Å². The van der Waals surface area contributed by atoms with E-state index in [-0.39, 0.29) is 11.9 Å². The molecule has 0 unspecified atom stereocenters. The quantitative estimate of drug-likeness (QED) is 0.633. The summed E-state index contributed by atoms with van der Waals surface area (Å²) in [5, 5.41) is 0. The molecule has 2 aliphatic heterocycles. The molecule has 0 bridgehead atoms. The van der Waals surface area contributed by atoms with Crippen LogP contribution in [0, 0.1) is 6.92 Å². The number of carbonyl (C=O) groups is 2. The van der Waals surface area contributed by atoms with Gasteiger partial charge in [0, 0.05) is 30.4 Å². The minimum absolute atomic E-state index is 0.108. The molecule has 1 aromatic rings. The fourth-order valence-electron chi connectivity index (χ4n) is 3.42. The van der Waals surface area contributed by atoms with Crippen LogP contribution in [0.3, 0.4) is 0 Å². The lowest BCUT2D eigenvalue weighted by molar-refractivity contribution is -0.0229. The lowest BCUT2D eigenvalue weighted by atomic mass is 9.82. The van der Waals surface area contributed by atoms with E-state index < -0.39 is 11.2 Å². The smallest absolute Gasteiger partial charge is 0.410 e. The Hall–Kier alpha value is -1.56. The van der Waals surface area contributed by atoms with Gasteiger partial charge in [-0.15, -0.1) is 0 Å². The number of amides is 1. The summed E-state index contributed by atoms with van der Waals surface area (Å²) in [5.41, 5.74) is 0.576. The lowest BCUT2D eigenvalue weighted by Gasteiger charge is -2.44. The van der Waals surface area contributed by atoms with Crippen molar-refractivity contribution in [2.24, 2.45) is 0 Å². The second kappa shape index (κ2) is 6.31. The van der Waals surface area contributed by atoms with Crippen LogP contribution in [0.15, 0.2) is 16.6 Å².